The van der Waals surface area contributed by atoms with Crippen molar-refractivity contribution in [2.24, 2.45) is 0 Å². The van der Waals surface area contributed by atoms with Crippen LogP contribution in [0.25, 0.3) is 0 Å². The summed E-state index contributed by atoms with van der Waals surface area (Å²) in [5.74, 6) is -0.224. The van der Waals surface area contributed by atoms with Gasteiger partial charge in [-0.25, -0.2) is 4.39 Å². The highest BCUT2D eigenvalue weighted by Gasteiger charge is 2.22. The van der Waals surface area contributed by atoms with E-state index in [9.17, 15) is 4.39 Å². The maximum atomic E-state index is 14.6. The molecule has 144 valence electrons. The van der Waals surface area contributed by atoms with Crippen molar-refractivity contribution in [3.8, 4) is 0 Å². The summed E-state index contributed by atoms with van der Waals surface area (Å²) in [6.07, 6.45) is 0. The summed E-state index contributed by atoms with van der Waals surface area (Å²) in [6.45, 7) is 1.94. The van der Waals surface area contributed by atoms with Crippen molar-refractivity contribution in [2.75, 3.05) is 5.32 Å². The van der Waals surface area contributed by atoms with Crippen LogP contribution < -0.4 is 21.2 Å². The fourth-order valence-corrected chi connectivity index (χ4v) is 5.95. The SMILES string of the molecule is Cc1cc(F)cc(P(c2ccccc2)c2ccccc2)c1Nc1ccc(Cl)cc1. The molecule has 29 heavy (non-hydrogen) atoms. The van der Waals surface area contributed by atoms with Gasteiger partial charge < -0.3 is 5.32 Å². The van der Waals surface area contributed by atoms with Gasteiger partial charge in [0.2, 0.25) is 0 Å². The van der Waals surface area contributed by atoms with E-state index in [1.807, 2.05) is 67.6 Å². The number of rotatable bonds is 5. The molecule has 4 aromatic rings. The molecule has 0 atom stereocenters. The van der Waals surface area contributed by atoms with Crippen LogP contribution in [0.5, 0.6) is 0 Å². The minimum atomic E-state index is -0.930. The topological polar surface area (TPSA) is 12.0 Å². The van der Waals surface area contributed by atoms with Crippen LogP contribution in [0.15, 0.2) is 97.1 Å². The van der Waals surface area contributed by atoms with Crippen molar-refractivity contribution in [3.63, 3.8) is 0 Å². The Labute approximate surface area is 176 Å². The Morgan fingerprint density at radius 1 is 0.759 bits per heavy atom. The first-order chi connectivity index (χ1) is 14.1. The molecule has 1 nitrogen and oxygen atoms in total. The first-order valence-corrected chi connectivity index (χ1v) is 11.1. The highest BCUT2D eigenvalue weighted by molar-refractivity contribution is 7.80. The van der Waals surface area contributed by atoms with E-state index in [2.05, 4.69) is 29.6 Å². The molecule has 0 radical (unpaired) electrons. The van der Waals surface area contributed by atoms with E-state index in [0.29, 0.717) is 5.02 Å². The van der Waals surface area contributed by atoms with Gasteiger partial charge in [0.15, 0.2) is 0 Å². The average Bonchev–Trinajstić information content (AvgIpc) is 2.74. The highest BCUT2D eigenvalue weighted by atomic mass is 35.5. The maximum Gasteiger partial charge on any atom is 0.124 e. The maximum absolute atomic E-state index is 14.6. The van der Waals surface area contributed by atoms with Crippen molar-refractivity contribution in [1.82, 2.24) is 0 Å². The Kier molecular flexibility index (Phi) is 5.94. The normalized spacial score (nSPS) is 10.9. The number of hydrogen-bond acceptors (Lipinski definition) is 1. The Bertz CT molecular complexity index is 1060. The molecule has 0 spiro atoms. The number of nitrogens with one attached hydrogen (secondary N) is 1. The summed E-state index contributed by atoms with van der Waals surface area (Å²) in [7, 11) is -0.930. The van der Waals surface area contributed by atoms with Gasteiger partial charge in [0, 0.05) is 16.0 Å². The molecule has 0 heterocycles. The Hall–Kier alpha value is -2.67. The summed E-state index contributed by atoms with van der Waals surface area (Å²) in [5, 5.41) is 7.51. The molecular formula is C25H20ClFNP. The van der Waals surface area contributed by atoms with Gasteiger partial charge in [0.05, 0.1) is 5.69 Å². The van der Waals surface area contributed by atoms with Gasteiger partial charge >= 0.3 is 0 Å². The van der Waals surface area contributed by atoms with Gasteiger partial charge in [-0.2, -0.15) is 0 Å². The van der Waals surface area contributed by atoms with Crippen molar-refractivity contribution >= 4 is 46.8 Å². The molecule has 4 heteroatoms. The predicted octanol–water partition coefficient (Wildman–Crippen LogP) is 6.29. The predicted molar refractivity (Wildman–Crippen MR) is 125 cm³/mol. The summed E-state index contributed by atoms with van der Waals surface area (Å²) < 4.78 is 14.6. The number of halogens is 2. The monoisotopic (exact) mass is 419 g/mol. The van der Waals surface area contributed by atoms with Crippen LogP contribution in [0.1, 0.15) is 5.56 Å². The fourth-order valence-electron chi connectivity index (χ4n) is 3.32. The lowest BCUT2D eigenvalue weighted by Gasteiger charge is -2.24. The molecule has 0 aliphatic carbocycles. The molecule has 0 saturated heterocycles. The Morgan fingerprint density at radius 3 is 1.86 bits per heavy atom. The second-order valence-corrected chi connectivity index (χ2v) is 9.38. The van der Waals surface area contributed by atoms with E-state index < -0.39 is 7.92 Å². The van der Waals surface area contributed by atoms with Crippen LogP contribution in [-0.4, -0.2) is 0 Å². The Morgan fingerprint density at radius 2 is 1.31 bits per heavy atom. The van der Waals surface area contributed by atoms with Gasteiger partial charge in [-0.1, -0.05) is 72.3 Å². The standard InChI is InChI=1S/C25H20ClFNP/c1-18-16-20(27)17-24(25(18)28-21-14-12-19(26)13-15-21)29(22-8-4-2-5-9-22)23-10-6-3-7-11-23/h2-17,28H,1H3. The molecule has 0 aliphatic rings. The molecule has 4 rings (SSSR count). The van der Waals surface area contributed by atoms with E-state index in [1.54, 1.807) is 12.1 Å². The van der Waals surface area contributed by atoms with Crippen molar-refractivity contribution < 1.29 is 4.39 Å². The van der Waals surface area contributed by atoms with E-state index >= 15 is 0 Å². The van der Waals surface area contributed by atoms with Crippen LogP contribution in [0.4, 0.5) is 15.8 Å². The van der Waals surface area contributed by atoms with Gasteiger partial charge in [-0.05, 0) is 67.4 Å². The molecule has 0 bridgehead atoms. The van der Waals surface area contributed by atoms with Gasteiger partial charge in [0.1, 0.15) is 5.82 Å². The third kappa shape index (κ3) is 4.50. The van der Waals surface area contributed by atoms with Gasteiger partial charge in [-0.3, -0.25) is 0 Å². The molecule has 0 amide bonds. The summed E-state index contributed by atoms with van der Waals surface area (Å²) in [5.41, 5.74) is 2.73. The fraction of sp³-hybridized carbons (Fsp3) is 0.0400. The molecule has 4 aromatic carbocycles. The van der Waals surface area contributed by atoms with E-state index in [4.69, 9.17) is 11.6 Å². The number of hydrogen-bond donors (Lipinski definition) is 1. The molecule has 0 fully saturated rings. The lowest BCUT2D eigenvalue weighted by molar-refractivity contribution is 0.628. The molecular weight excluding hydrogens is 400 g/mol. The zero-order chi connectivity index (χ0) is 20.2. The number of aryl methyl sites for hydroxylation is 1. The molecule has 0 aliphatic heterocycles. The molecule has 0 saturated carbocycles. The summed E-state index contributed by atoms with van der Waals surface area (Å²) >= 11 is 6.03. The van der Waals surface area contributed by atoms with Crippen LogP contribution in [0.2, 0.25) is 5.02 Å². The van der Waals surface area contributed by atoms with Crippen molar-refractivity contribution in [3.05, 3.63) is 113 Å². The van der Waals surface area contributed by atoms with Gasteiger partial charge in [-0.15, -0.1) is 0 Å². The van der Waals surface area contributed by atoms with Crippen LogP contribution >= 0.6 is 19.5 Å². The lowest BCUT2D eigenvalue weighted by Crippen LogP contribution is -2.23. The van der Waals surface area contributed by atoms with Crippen LogP contribution in [0.3, 0.4) is 0 Å². The minimum absolute atomic E-state index is 0.224. The van der Waals surface area contributed by atoms with Crippen LogP contribution in [-0.2, 0) is 0 Å². The first kappa shape index (κ1) is 19.6. The second-order valence-electron chi connectivity index (χ2n) is 6.76. The van der Waals surface area contributed by atoms with E-state index in [-0.39, 0.29) is 5.82 Å². The lowest BCUT2D eigenvalue weighted by atomic mass is 10.2. The highest BCUT2D eigenvalue weighted by Crippen LogP contribution is 2.38. The molecule has 0 unspecified atom stereocenters. The average molecular weight is 420 g/mol. The quantitative estimate of drug-likeness (QED) is 0.375. The number of anilines is 2. The summed E-state index contributed by atoms with van der Waals surface area (Å²) in [6, 6.07) is 31.4. The van der Waals surface area contributed by atoms with Crippen molar-refractivity contribution in [1.29, 1.82) is 0 Å². The van der Waals surface area contributed by atoms with E-state index in [0.717, 1.165) is 22.2 Å². The summed E-state index contributed by atoms with van der Waals surface area (Å²) in [4.78, 5) is 0. The zero-order valence-corrected chi connectivity index (χ0v) is 17.6. The first-order valence-electron chi connectivity index (χ1n) is 9.35. The number of benzene rings is 4. The second kappa shape index (κ2) is 8.78. The molecule has 1 N–H and O–H groups in total. The minimum Gasteiger partial charge on any atom is -0.355 e. The van der Waals surface area contributed by atoms with Crippen LogP contribution in [0, 0.1) is 12.7 Å². The smallest absolute Gasteiger partial charge is 0.124 e. The third-order valence-corrected chi connectivity index (χ3v) is 7.38. The van der Waals surface area contributed by atoms with E-state index in [1.165, 1.54) is 10.6 Å². The van der Waals surface area contributed by atoms with Crippen molar-refractivity contribution in [2.45, 2.75) is 6.92 Å². The third-order valence-electron chi connectivity index (χ3n) is 4.66. The van der Waals surface area contributed by atoms with Gasteiger partial charge in [0.25, 0.3) is 0 Å². The largest absolute Gasteiger partial charge is 0.355 e. The molecule has 0 aromatic heterocycles. The zero-order valence-electron chi connectivity index (χ0n) is 15.9. The Balaban J connectivity index is 1.89.